The van der Waals surface area contributed by atoms with Crippen LogP contribution in [0, 0.1) is 0 Å². The lowest BCUT2D eigenvalue weighted by atomic mass is 10.1. The zero-order valence-electron chi connectivity index (χ0n) is 9.48. The van der Waals surface area contributed by atoms with Crippen molar-refractivity contribution in [2.45, 2.75) is 25.9 Å². The summed E-state index contributed by atoms with van der Waals surface area (Å²) in [5, 5.41) is 11.5. The van der Waals surface area contributed by atoms with Gasteiger partial charge in [0.15, 0.2) is 0 Å². The highest BCUT2D eigenvalue weighted by atomic mass is 16.5. The number of anilines is 1. The number of nitrogens with zero attached hydrogens (tertiary/aromatic N) is 2. The molecule has 0 bridgehead atoms. The fourth-order valence-corrected chi connectivity index (χ4v) is 1.66. The molecule has 0 radical (unpaired) electrons. The molecule has 2 N–H and O–H groups in total. The lowest BCUT2D eigenvalue weighted by Crippen LogP contribution is -2.15. The molecule has 0 unspecified atom stereocenters. The molecule has 1 aliphatic heterocycles. The molecule has 0 spiro atoms. The Morgan fingerprint density at radius 1 is 1.59 bits per heavy atom. The van der Waals surface area contributed by atoms with Crippen LogP contribution in [0.15, 0.2) is 6.20 Å². The normalized spacial score (nSPS) is 14.1. The number of hydrogen-bond donors (Lipinski definition) is 2. The summed E-state index contributed by atoms with van der Waals surface area (Å²) in [4.78, 5) is 18.9. The van der Waals surface area contributed by atoms with Crippen LogP contribution in [0.5, 0.6) is 0 Å². The molecule has 6 heteroatoms. The van der Waals surface area contributed by atoms with Crippen molar-refractivity contribution in [3.8, 4) is 0 Å². The highest BCUT2D eigenvalue weighted by Gasteiger charge is 2.11. The van der Waals surface area contributed by atoms with Gasteiger partial charge in [0.05, 0.1) is 18.9 Å². The van der Waals surface area contributed by atoms with Gasteiger partial charge in [-0.1, -0.05) is 0 Å². The standard InChI is InChI=1S/C11H15N3O3/c15-10(16)2-1-4-12-11-13-6-8-7-17-5-3-9(8)14-11/h6H,1-5,7H2,(H,15,16)(H,12,13,14). The first-order valence-corrected chi connectivity index (χ1v) is 5.64. The molecule has 0 aromatic carbocycles. The number of aliphatic carboxylic acids is 1. The van der Waals surface area contributed by atoms with Crippen LogP contribution in [0.2, 0.25) is 0 Å². The van der Waals surface area contributed by atoms with Crippen LogP contribution >= 0.6 is 0 Å². The smallest absolute Gasteiger partial charge is 0.303 e. The lowest BCUT2D eigenvalue weighted by molar-refractivity contribution is -0.137. The van der Waals surface area contributed by atoms with Gasteiger partial charge < -0.3 is 15.2 Å². The zero-order valence-corrected chi connectivity index (χ0v) is 9.48. The lowest BCUT2D eigenvalue weighted by Gasteiger charge is -2.15. The number of fused-ring (bicyclic) bond motifs is 1. The summed E-state index contributed by atoms with van der Waals surface area (Å²) < 4.78 is 5.30. The molecule has 0 aliphatic carbocycles. The van der Waals surface area contributed by atoms with Crippen LogP contribution in [0.25, 0.3) is 0 Å². The second-order valence-electron chi connectivity index (χ2n) is 3.89. The third kappa shape index (κ3) is 3.39. The van der Waals surface area contributed by atoms with Crippen LogP contribution in [0.4, 0.5) is 5.95 Å². The molecule has 0 saturated carbocycles. The number of carbonyl (C=O) groups is 1. The molecule has 0 amide bonds. The maximum Gasteiger partial charge on any atom is 0.303 e. The van der Waals surface area contributed by atoms with Gasteiger partial charge in [-0.15, -0.1) is 0 Å². The van der Waals surface area contributed by atoms with E-state index in [4.69, 9.17) is 9.84 Å². The monoisotopic (exact) mass is 237 g/mol. The first-order valence-electron chi connectivity index (χ1n) is 5.64. The van der Waals surface area contributed by atoms with Gasteiger partial charge >= 0.3 is 5.97 Å². The van der Waals surface area contributed by atoms with Crippen molar-refractivity contribution >= 4 is 11.9 Å². The van der Waals surface area contributed by atoms with Crippen LogP contribution in [0.1, 0.15) is 24.1 Å². The van der Waals surface area contributed by atoms with Gasteiger partial charge in [0.1, 0.15) is 0 Å². The Kier molecular flexibility index (Phi) is 3.87. The molecule has 92 valence electrons. The number of ether oxygens (including phenoxy) is 1. The Morgan fingerprint density at radius 3 is 3.29 bits per heavy atom. The summed E-state index contributed by atoms with van der Waals surface area (Å²) >= 11 is 0. The molecule has 1 aromatic heterocycles. The van der Waals surface area contributed by atoms with E-state index in [9.17, 15) is 4.79 Å². The largest absolute Gasteiger partial charge is 0.481 e. The third-order valence-electron chi connectivity index (χ3n) is 2.55. The number of rotatable bonds is 5. The number of aromatic nitrogens is 2. The van der Waals surface area contributed by atoms with E-state index >= 15 is 0 Å². The molecule has 0 atom stereocenters. The van der Waals surface area contributed by atoms with Gasteiger partial charge in [-0.3, -0.25) is 4.79 Å². The minimum Gasteiger partial charge on any atom is -0.481 e. The van der Waals surface area contributed by atoms with Crippen molar-refractivity contribution in [3.05, 3.63) is 17.5 Å². The Hall–Kier alpha value is -1.69. The summed E-state index contributed by atoms with van der Waals surface area (Å²) in [6.45, 7) is 1.85. The molecule has 17 heavy (non-hydrogen) atoms. The van der Waals surface area contributed by atoms with Crippen molar-refractivity contribution in [3.63, 3.8) is 0 Å². The average molecular weight is 237 g/mol. The predicted octanol–water partition coefficient (Wildman–Crippen LogP) is 0.826. The molecule has 2 heterocycles. The number of carboxylic acid groups (broad SMARTS) is 1. The van der Waals surface area contributed by atoms with Crippen molar-refractivity contribution in [1.29, 1.82) is 0 Å². The maximum absolute atomic E-state index is 10.3. The molecular formula is C11H15N3O3. The van der Waals surface area contributed by atoms with E-state index in [1.807, 2.05) is 0 Å². The fraction of sp³-hybridized carbons (Fsp3) is 0.545. The second-order valence-corrected chi connectivity index (χ2v) is 3.89. The van der Waals surface area contributed by atoms with Crippen molar-refractivity contribution in [2.24, 2.45) is 0 Å². The topological polar surface area (TPSA) is 84.3 Å². The quantitative estimate of drug-likeness (QED) is 0.738. The Labute approximate surface area is 99.0 Å². The summed E-state index contributed by atoms with van der Waals surface area (Å²) in [6, 6.07) is 0. The van der Waals surface area contributed by atoms with Crippen molar-refractivity contribution in [2.75, 3.05) is 18.5 Å². The van der Waals surface area contributed by atoms with Gasteiger partial charge in [-0.05, 0) is 6.42 Å². The first kappa shape index (κ1) is 11.8. The Morgan fingerprint density at radius 2 is 2.47 bits per heavy atom. The second kappa shape index (κ2) is 5.58. The fourth-order valence-electron chi connectivity index (χ4n) is 1.66. The highest BCUT2D eigenvalue weighted by molar-refractivity contribution is 5.66. The molecule has 0 fully saturated rings. The van der Waals surface area contributed by atoms with E-state index in [1.54, 1.807) is 6.20 Å². The first-order chi connectivity index (χ1) is 8.25. The minimum absolute atomic E-state index is 0.159. The van der Waals surface area contributed by atoms with Gasteiger partial charge in [0.2, 0.25) is 5.95 Å². The Bertz CT molecular complexity index is 409. The van der Waals surface area contributed by atoms with E-state index in [1.165, 1.54) is 0 Å². The number of carboxylic acids is 1. The maximum atomic E-state index is 10.3. The number of hydrogen-bond acceptors (Lipinski definition) is 5. The van der Waals surface area contributed by atoms with Gasteiger partial charge in [-0.25, -0.2) is 9.97 Å². The average Bonchev–Trinajstić information content (AvgIpc) is 2.34. The van der Waals surface area contributed by atoms with Crippen LogP contribution < -0.4 is 5.32 Å². The molecule has 2 rings (SSSR count). The van der Waals surface area contributed by atoms with Crippen molar-refractivity contribution < 1.29 is 14.6 Å². The van der Waals surface area contributed by atoms with Crippen LogP contribution in [0.3, 0.4) is 0 Å². The summed E-state index contributed by atoms with van der Waals surface area (Å²) in [5.41, 5.74) is 2.05. The summed E-state index contributed by atoms with van der Waals surface area (Å²) in [7, 11) is 0. The molecule has 1 aromatic rings. The third-order valence-corrected chi connectivity index (χ3v) is 2.55. The minimum atomic E-state index is -0.782. The van der Waals surface area contributed by atoms with E-state index in [2.05, 4.69) is 15.3 Å². The van der Waals surface area contributed by atoms with Crippen LogP contribution in [-0.2, 0) is 22.6 Å². The molecule has 1 aliphatic rings. The van der Waals surface area contributed by atoms with Gasteiger partial charge in [0, 0.05) is 31.1 Å². The number of nitrogens with one attached hydrogen (secondary N) is 1. The molecule has 0 saturated heterocycles. The van der Waals surface area contributed by atoms with Crippen molar-refractivity contribution in [1.82, 2.24) is 9.97 Å². The molecular weight excluding hydrogens is 222 g/mol. The van der Waals surface area contributed by atoms with E-state index in [0.29, 0.717) is 32.1 Å². The summed E-state index contributed by atoms with van der Waals surface area (Å²) in [5.74, 6) is -0.216. The van der Waals surface area contributed by atoms with Gasteiger partial charge in [-0.2, -0.15) is 0 Å². The van der Waals surface area contributed by atoms with E-state index in [0.717, 1.165) is 17.7 Å². The van der Waals surface area contributed by atoms with E-state index < -0.39 is 5.97 Å². The van der Waals surface area contributed by atoms with E-state index in [-0.39, 0.29) is 6.42 Å². The van der Waals surface area contributed by atoms with Crippen LogP contribution in [-0.4, -0.2) is 34.2 Å². The highest BCUT2D eigenvalue weighted by Crippen LogP contribution is 2.14. The predicted molar refractivity (Wildman–Crippen MR) is 60.8 cm³/mol. The SMILES string of the molecule is O=C(O)CCCNc1ncc2c(n1)CCOC2. The Balaban J connectivity index is 1.86. The zero-order chi connectivity index (χ0) is 12.1. The summed E-state index contributed by atoms with van der Waals surface area (Å²) in [6.07, 6.45) is 3.30. The molecule has 6 nitrogen and oxygen atoms in total. The van der Waals surface area contributed by atoms with Gasteiger partial charge in [0.25, 0.3) is 0 Å².